The minimum absolute atomic E-state index is 0.0468. The van der Waals surface area contributed by atoms with E-state index < -0.39 is 24.0 Å². The summed E-state index contributed by atoms with van der Waals surface area (Å²) in [7, 11) is 0. The van der Waals surface area contributed by atoms with Gasteiger partial charge >= 0.3 is 5.97 Å². The number of benzene rings is 2. The van der Waals surface area contributed by atoms with Crippen LogP contribution in [0.3, 0.4) is 0 Å². The Hall–Kier alpha value is -2.36. The number of halogens is 3. The number of aryl methyl sites for hydroxylation is 1. The van der Waals surface area contributed by atoms with E-state index in [-0.39, 0.29) is 34.1 Å². The Morgan fingerprint density at radius 3 is 2.43 bits per heavy atom. The Kier molecular flexibility index (Phi) is 9.77. The van der Waals surface area contributed by atoms with Gasteiger partial charge in [0.1, 0.15) is 6.04 Å². The zero-order chi connectivity index (χ0) is 25.5. The Morgan fingerprint density at radius 2 is 1.83 bits per heavy atom. The molecular weight excluding hydrogens is 517 g/mol. The van der Waals surface area contributed by atoms with E-state index in [1.807, 2.05) is 0 Å². The van der Waals surface area contributed by atoms with E-state index in [0.29, 0.717) is 35.4 Å². The quantitative estimate of drug-likeness (QED) is 0.313. The van der Waals surface area contributed by atoms with E-state index in [9.17, 15) is 24.6 Å². The van der Waals surface area contributed by atoms with Crippen LogP contribution in [-0.2, 0) is 16.0 Å². The second kappa shape index (κ2) is 12.6. The number of hydrogen-bond acceptors (Lipinski definition) is 5. The molecule has 0 bridgehead atoms. The van der Waals surface area contributed by atoms with Gasteiger partial charge < -0.3 is 26.2 Å². The molecule has 0 saturated carbocycles. The van der Waals surface area contributed by atoms with Gasteiger partial charge in [0, 0.05) is 11.6 Å². The van der Waals surface area contributed by atoms with Crippen molar-refractivity contribution in [2.45, 2.75) is 43.9 Å². The molecule has 2 aromatic rings. The number of carboxylic acids is 1. The Bertz CT molecular complexity index is 1070. The number of nitrogens with one attached hydrogen (secondary N) is 3. The van der Waals surface area contributed by atoms with Crippen LogP contribution in [0.2, 0.25) is 15.1 Å². The third-order valence-corrected chi connectivity index (χ3v) is 6.56. The van der Waals surface area contributed by atoms with E-state index in [2.05, 4.69) is 16.0 Å². The summed E-state index contributed by atoms with van der Waals surface area (Å²) in [5.74, 6) is -2.40. The van der Waals surface area contributed by atoms with Gasteiger partial charge in [-0.2, -0.15) is 0 Å². The summed E-state index contributed by atoms with van der Waals surface area (Å²) in [5.41, 5.74) is 1.31. The van der Waals surface area contributed by atoms with E-state index in [1.165, 1.54) is 0 Å². The average Bonchev–Trinajstić information content (AvgIpc) is 3.34. The molecule has 1 aliphatic rings. The van der Waals surface area contributed by atoms with Crippen LogP contribution in [0.25, 0.3) is 0 Å². The van der Waals surface area contributed by atoms with Crippen molar-refractivity contribution in [3.63, 3.8) is 0 Å². The second-order valence-electron chi connectivity index (χ2n) is 8.30. The normalized spacial score (nSPS) is 17.0. The molecule has 1 unspecified atom stereocenters. The number of aliphatic hydroxyl groups is 1. The summed E-state index contributed by atoms with van der Waals surface area (Å²) in [6.07, 6.45) is 1.58. The summed E-state index contributed by atoms with van der Waals surface area (Å²) in [6, 6.07) is 8.30. The molecule has 5 N–H and O–H groups in total. The molecule has 2 aromatic carbocycles. The molecule has 1 aliphatic heterocycles. The highest BCUT2D eigenvalue weighted by molar-refractivity contribution is 6.39. The lowest BCUT2D eigenvalue weighted by molar-refractivity contribution is -0.139. The minimum Gasteiger partial charge on any atom is -0.480 e. The van der Waals surface area contributed by atoms with Crippen LogP contribution < -0.4 is 16.0 Å². The van der Waals surface area contributed by atoms with E-state index >= 15 is 0 Å². The van der Waals surface area contributed by atoms with Gasteiger partial charge in [-0.05, 0) is 67.6 Å². The summed E-state index contributed by atoms with van der Waals surface area (Å²) in [6.45, 7) is 0.441. The summed E-state index contributed by atoms with van der Waals surface area (Å²) in [5, 5.41) is 28.5. The fraction of sp³-hybridized carbons (Fsp3) is 0.375. The van der Waals surface area contributed by atoms with Crippen molar-refractivity contribution < 1.29 is 24.6 Å². The van der Waals surface area contributed by atoms with Crippen molar-refractivity contribution in [1.82, 2.24) is 16.0 Å². The lowest BCUT2D eigenvalue weighted by Crippen LogP contribution is -2.51. The number of rotatable bonds is 10. The summed E-state index contributed by atoms with van der Waals surface area (Å²) < 4.78 is 0. The molecule has 0 aliphatic carbocycles. The molecule has 1 heterocycles. The van der Waals surface area contributed by atoms with Crippen molar-refractivity contribution in [3.05, 3.63) is 68.2 Å². The minimum atomic E-state index is -1.37. The number of aliphatic hydroxyl groups excluding tert-OH is 1. The third kappa shape index (κ3) is 7.56. The van der Waals surface area contributed by atoms with Crippen molar-refractivity contribution in [2.75, 3.05) is 13.1 Å². The molecule has 11 heteroatoms. The van der Waals surface area contributed by atoms with Crippen molar-refractivity contribution in [2.24, 2.45) is 0 Å². The molecule has 1 fully saturated rings. The number of hydrogen-bond donors (Lipinski definition) is 5. The molecule has 3 rings (SSSR count). The van der Waals surface area contributed by atoms with Crippen LogP contribution in [0.4, 0.5) is 0 Å². The maximum Gasteiger partial charge on any atom is 0.328 e. The van der Waals surface area contributed by atoms with Gasteiger partial charge in [-0.25, -0.2) is 4.79 Å². The molecule has 188 valence electrons. The highest BCUT2D eigenvalue weighted by atomic mass is 35.5. The number of carbonyl (C=O) groups is 3. The van der Waals surface area contributed by atoms with Crippen molar-refractivity contribution in [3.8, 4) is 0 Å². The number of aliphatic carboxylic acids is 1. The highest BCUT2D eigenvalue weighted by Gasteiger charge is 2.27. The monoisotopic (exact) mass is 541 g/mol. The fourth-order valence-corrected chi connectivity index (χ4v) is 4.74. The van der Waals surface area contributed by atoms with Gasteiger partial charge in [-0.3, -0.25) is 9.59 Å². The molecule has 0 radical (unpaired) electrons. The van der Waals surface area contributed by atoms with Crippen LogP contribution in [0.1, 0.15) is 46.9 Å². The van der Waals surface area contributed by atoms with Gasteiger partial charge in [0.15, 0.2) is 0 Å². The molecule has 2 amide bonds. The van der Waals surface area contributed by atoms with Crippen LogP contribution in [-0.4, -0.2) is 53.2 Å². The van der Waals surface area contributed by atoms with Crippen molar-refractivity contribution >= 4 is 52.6 Å². The molecular formula is C24H26Cl3N3O5. The molecule has 35 heavy (non-hydrogen) atoms. The first-order chi connectivity index (χ1) is 16.7. The first-order valence-electron chi connectivity index (χ1n) is 11.1. The van der Waals surface area contributed by atoms with Crippen LogP contribution in [0.15, 0.2) is 36.4 Å². The van der Waals surface area contributed by atoms with Crippen LogP contribution in [0, 0.1) is 0 Å². The fourth-order valence-electron chi connectivity index (χ4n) is 3.84. The second-order valence-corrected chi connectivity index (χ2v) is 9.55. The zero-order valence-corrected chi connectivity index (χ0v) is 21.0. The van der Waals surface area contributed by atoms with Crippen LogP contribution in [0.5, 0.6) is 0 Å². The first kappa shape index (κ1) is 27.2. The van der Waals surface area contributed by atoms with E-state index in [0.717, 1.165) is 13.0 Å². The Morgan fingerprint density at radius 1 is 1.11 bits per heavy atom. The standard InChI is InChI=1S/C24H26Cl3N3O5/c25-15-4-1-3-14(11-15)20(31)7-6-13-9-16(26)21(17(27)10-13)23(33)30-19(24(34)35)12-29-22(32)18-5-2-8-28-18/h1,3-4,9-11,18-20,28,31H,2,5-8,12H2,(H,29,32)(H,30,33)(H,34,35)/t18-,19-,20?/m0/s1. The topological polar surface area (TPSA) is 128 Å². The highest BCUT2D eigenvalue weighted by Crippen LogP contribution is 2.29. The molecule has 3 atom stereocenters. The SMILES string of the molecule is O=C(N[C@@H](CNC(=O)[C@@H]1CCCN1)C(=O)O)c1c(Cl)cc(CCC(O)c2cccc(Cl)c2)cc1Cl. The maximum atomic E-state index is 12.8. The lowest BCUT2D eigenvalue weighted by atomic mass is 10.0. The number of carbonyl (C=O) groups excluding carboxylic acids is 2. The number of carboxylic acid groups (broad SMARTS) is 1. The Labute approximate surface area is 217 Å². The van der Waals surface area contributed by atoms with Crippen molar-refractivity contribution in [1.29, 1.82) is 0 Å². The van der Waals surface area contributed by atoms with Gasteiger partial charge in [0.2, 0.25) is 5.91 Å². The molecule has 0 aromatic heterocycles. The molecule has 0 spiro atoms. The van der Waals surface area contributed by atoms with Gasteiger partial charge in [0.05, 0.1) is 27.8 Å². The van der Waals surface area contributed by atoms with Gasteiger partial charge in [0.25, 0.3) is 5.91 Å². The predicted molar refractivity (Wildman–Crippen MR) is 134 cm³/mol. The van der Waals surface area contributed by atoms with Crippen LogP contribution >= 0.6 is 34.8 Å². The smallest absolute Gasteiger partial charge is 0.328 e. The maximum absolute atomic E-state index is 12.8. The van der Waals surface area contributed by atoms with E-state index in [4.69, 9.17) is 34.8 Å². The molecule has 1 saturated heterocycles. The van der Waals surface area contributed by atoms with Gasteiger partial charge in [-0.1, -0.05) is 46.9 Å². The summed E-state index contributed by atoms with van der Waals surface area (Å²) >= 11 is 18.6. The number of amides is 2. The zero-order valence-electron chi connectivity index (χ0n) is 18.7. The van der Waals surface area contributed by atoms with E-state index in [1.54, 1.807) is 36.4 Å². The summed E-state index contributed by atoms with van der Waals surface area (Å²) in [4.78, 5) is 36.6. The Balaban J connectivity index is 1.62. The largest absolute Gasteiger partial charge is 0.480 e. The first-order valence-corrected chi connectivity index (χ1v) is 12.2. The third-order valence-electron chi connectivity index (χ3n) is 5.73. The predicted octanol–water partition coefficient (Wildman–Crippen LogP) is 3.36. The lowest BCUT2D eigenvalue weighted by Gasteiger charge is -2.18. The van der Waals surface area contributed by atoms with Gasteiger partial charge in [-0.15, -0.1) is 0 Å². The average molecular weight is 543 g/mol. The molecule has 8 nitrogen and oxygen atoms in total.